The van der Waals surface area contributed by atoms with Crippen LogP contribution in [0.2, 0.25) is 0 Å². The zero-order valence-electron chi connectivity index (χ0n) is 9.06. The van der Waals surface area contributed by atoms with E-state index in [2.05, 4.69) is 0 Å². The van der Waals surface area contributed by atoms with Crippen LogP contribution in [0.25, 0.3) is 0 Å². The molecule has 0 bridgehead atoms. The van der Waals surface area contributed by atoms with Crippen molar-refractivity contribution in [1.82, 2.24) is 0 Å². The van der Waals surface area contributed by atoms with Crippen molar-refractivity contribution in [1.29, 1.82) is 0 Å². The number of halogens is 1. The van der Waals surface area contributed by atoms with E-state index in [0.29, 0.717) is 11.7 Å². The third-order valence-electron chi connectivity index (χ3n) is 2.73. The molecule has 4 heteroatoms. The molecule has 2 rings (SSSR count). The van der Waals surface area contributed by atoms with Crippen LogP contribution >= 0.6 is 23.5 Å². The Morgan fingerprint density at radius 1 is 1.38 bits per heavy atom. The maximum atomic E-state index is 13.4. The summed E-state index contributed by atoms with van der Waals surface area (Å²) in [6, 6.07) is 6.99. The van der Waals surface area contributed by atoms with Crippen molar-refractivity contribution in [3.05, 3.63) is 35.6 Å². The average Bonchev–Trinajstić information content (AvgIpc) is 2.33. The van der Waals surface area contributed by atoms with Gasteiger partial charge in [-0.05, 0) is 18.1 Å². The van der Waals surface area contributed by atoms with Crippen LogP contribution in [0.5, 0.6) is 0 Å². The van der Waals surface area contributed by atoms with Gasteiger partial charge in [0.25, 0.3) is 0 Å². The normalized spacial score (nSPS) is 23.0. The topological polar surface area (TPSA) is 26.0 Å². The fourth-order valence-corrected chi connectivity index (χ4v) is 4.62. The highest BCUT2D eigenvalue weighted by Gasteiger charge is 2.22. The average molecular weight is 257 g/mol. The lowest BCUT2D eigenvalue weighted by atomic mass is 10.0. The number of hydrogen-bond donors (Lipinski definition) is 1. The first-order valence-electron chi connectivity index (χ1n) is 5.45. The Hall–Kier alpha value is -0.190. The van der Waals surface area contributed by atoms with Gasteiger partial charge >= 0.3 is 0 Å². The monoisotopic (exact) mass is 257 g/mol. The number of thioether (sulfide) groups is 2. The van der Waals surface area contributed by atoms with E-state index in [4.69, 9.17) is 5.73 Å². The van der Waals surface area contributed by atoms with Gasteiger partial charge < -0.3 is 5.73 Å². The summed E-state index contributed by atoms with van der Waals surface area (Å²) in [5, 5.41) is 0.471. The van der Waals surface area contributed by atoms with Gasteiger partial charge in [0.15, 0.2) is 0 Å². The van der Waals surface area contributed by atoms with Gasteiger partial charge in [-0.2, -0.15) is 23.5 Å². The fourth-order valence-electron chi connectivity index (χ4n) is 1.80. The second-order valence-corrected chi connectivity index (χ2v) is 6.44. The highest BCUT2D eigenvalue weighted by atomic mass is 32.2. The Bertz CT molecular complexity index is 340. The Labute approximate surface area is 104 Å². The van der Waals surface area contributed by atoms with Gasteiger partial charge in [0, 0.05) is 28.6 Å². The highest BCUT2D eigenvalue weighted by molar-refractivity contribution is 8.06. The first-order valence-corrected chi connectivity index (χ1v) is 7.66. The summed E-state index contributed by atoms with van der Waals surface area (Å²) in [6.45, 7) is 0. The lowest BCUT2D eigenvalue weighted by molar-refractivity contribution is 0.584. The Balaban J connectivity index is 1.96. The van der Waals surface area contributed by atoms with Gasteiger partial charge in [-0.1, -0.05) is 18.2 Å². The molecule has 0 saturated carbocycles. The lowest BCUT2D eigenvalue weighted by Crippen LogP contribution is -2.38. The van der Waals surface area contributed by atoms with E-state index in [1.165, 1.54) is 17.6 Å². The van der Waals surface area contributed by atoms with Gasteiger partial charge in [0.05, 0.1) is 0 Å². The molecule has 1 aliphatic heterocycles. The van der Waals surface area contributed by atoms with Crippen molar-refractivity contribution in [3.63, 3.8) is 0 Å². The molecule has 2 N–H and O–H groups in total. The first kappa shape index (κ1) is 12.3. The summed E-state index contributed by atoms with van der Waals surface area (Å²) in [7, 11) is 0. The summed E-state index contributed by atoms with van der Waals surface area (Å²) in [6.07, 6.45) is 0.644. The minimum Gasteiger partial charge on any atom is -0.326 e. The van der Waals surface area contributed by atoms with Crippen LogP contribution < -0.4 is 5.73 Å². The summed E-state index contributed by atoms with van der Waals surface area (Å²) >= 11 is 3.88. The van der Waals surface area contributed by atoms with Crippen molar-refractivity contribution < 1.29 is 4.39 Å². The lowest BCUT2D eigenvalue weighted by Gasteiger charge is -2.26. The molecule has 1 aliphatic rings. The van der Waals surface area contributed by atoms with Crippen LogP contribution in [0.15, 0.2) is 24.3 Å². The van der Waals surface area contributed by atoms with E-state index in [1.807, 2.05) is 35.7 Å². The molecule has 0 radical (unpaired) electrons. The smallest absolute Gasteiger partial charge is 0.126 e. The maximum absolute atomic E-state index is 13.4. The third-order valence-corrected chi connectivity index (χ3v) is 5.67. The van der Waals surface area contributed by atoms with Gasteiger partial charge in [-0.3, -0.25) is 0 Å². The summed E-state index contributed by atoms with van der Waals surface area (Å²) in [5.74, 6) is 3.35. The molecule has 0 aliphatic carbocycles. The molecular weight excluding hydrogens is 241 g/mol. The van der Waals surface area contributed by atoms with Crippen molar-refractivity contribution in [2.45, 2.75) is 17.7 Å². The minimum absolute atomic E-state index is 0.0645. The van der Waals surface area contributed by atoms with Gasteiger partial charge in [0.1, 0.15) is 5.82 Å². The van der Waals surface area contributed by atoms with Crippen LogP contribution in [0.4, 0.5) is 4.39 Å². The quantitative estimate of drug-likeness (QED) is 0.901. The predicted octanol–water partition coefficient (Wildman–Crippen LogP) is 2.54. The van der Waals surface area contributed by atoms with E-state index >= 15 is 0 Å². The highest BCUT2D eigenvalue weighted by Crippen LogP contribution is 2.27. The van der Waals surface area contributed by atoms with Crippen LogP contribution in [-0.4, -0.2) is 28.6 Å². The molecule has 0 amide bonds. The molecule has 0 spiro atoms. The predicted molar refractivity (Wildman–Crippen MR) is 71.7 cm³/mol. The Morgan fingerprint density at radius 2 is 2.19 bits per heavy atom. The summed E-state index contributed by atoms with van der Waals surface area (Å²) in [5.41, 5.74) is 6.89. The molecule has 1 heterocycles. The van der Waals surface area contributed by atoms with Crippen LogP contribution in [0.3, 0.4) is 0 Å². The molecule has 88 valence electrons. The molecule has 2 unspecified atom stereocenters. The zero-order valence-corrected chi connectivity index (χ0v) is 10.7. The number of rotatable bonds is 3. The molecule has 1 aromatic rings. The van der Waals surface area contributed by atoms with Crippen molar-refractivity contribution in [2.24, 2.45) is 5.73 Å². The number of nitrogens with two attached hydrogens (primary N) is 1. The minimum atomic E-state index is -0.133. The Kier molecular flexibility index (Phi) is 4.55. The van der Waals surface area contributed by atoms with Gasteiger partial charge in [-0.25, -0.2) is 4.39 Å². The first-order chi connectivity index (χ1) is 7.77. The maximum Gasteiger partial charge on any atom is 0.126 e. The number of hydrogen-bond acceptors (Lipinski definition) is 3. The molecule has 1 fully saturated rings. The molecular formula is C12H16FNS2. The van der Waals surface area contributed by atoms with E-state index in [9.17, 15) is 4.39 Å². The molecule has 0 aromatic heterocycles. The standard InChI is InChI=1S/C12H16FNS2/c13-10-4-2-1-3-9(10)7-11(14)12-8-15-5-6-16-12/h1-4,11-12H,5-8,14H2. The SMILES string of the molecule is NC(Cc1ccccc1F)C1CSCCS1. The summed E-state index contributed by atoms with van der Waals surface area (Å²) in [4.78, 5) is 0. The molecule has 1 nitrogen and oxygen atoms in total. The zero-order chi connectivity index (χ0) is 11.4. The summed E-state index contributed by atoms with van der Waals surface area (Å²) < 4.78 is 13.4. The second kappa shape index (κ2) is 5.94. The second-order valence-electron chi connectivity index (χ2n) is 3.94. The van der Waals surface area contributed by atoms with Crippen molar-refractivity contribution in [3.8, 4) is 0 Å². The molecule has 1 aromatic carbocycles. The van der Waals surface area contributed by atoms with Gasteiger partial charge in [0.2, 0.25) is 0 Å². The third kappa shape index (κ3) is 3.15. The molecule has 1 saturated heterocycles. The van der Waals surface area contributed by atoms with Crippen LogP contribution in [0.1, 0.15) is 5.56 Å². The van der Waals surface area contributed by atoms with Crippen molar-refractivity contribution in [2.75, 3.05) is 17.3 Å². The molecule has 2 atom stereocenters. The van der Waals surface area contributed by atoms with E-state index in [1.54, 1.807) is 6.07 Å². The largest absolute Gasteiger partial charge is 0.326 e. The van der Waals surface area contributed by atoms with E-state index in [0.717, 1.165) is 11.3 Å². The van der Waals surface area contributed by atoms with Crippen LogP contribution in [-0.2, 0) is 6.42 Å². The van der Waals surface area contributed by atoms with Crippen LogP contribution in [0, 0.1) is 5.82 Å². The number of benzene rings is 1. The van der Waals surface area contributed by atoms with E-state index in [-0.39, 0.29) is 11.9 Å². The van der Waals surface area contributed by atoms with Gasteiger partial charge in [-0.15, -0.1) is 0 Å². The fraction of sp³-hybridized carbons (Fsp3) is 0.500. The van der Waals surface area contributed by atoms with Crippen molar-refractivity contribution >= 4 is 23.5 Å². The van der Waals surface area contributed by atoms with E-state index < -0.39 is 0 Å². The molecule has 16 heavy (non-hydrogen) atoms. The Morgan fingerprint density at radius 3 is 2.88 bits per heavy atom.